The lowest BCUT2D eigenvalue weighted by Gasteiger charge is -2.26. The molecule has 0 atom stereocenters. The largest absolute Gasteiger partial charge is 0.444 e. The fourth-order valence-electron chi connectivity index (χ4n) is 3.23. The zero-order chi connectivity index (χ0) is 16.5. The van der Waals surface area contributed by atoms with Gasteiger partial charge in [0.2, 0.25) is 5.89 Å². The van der Waals surface area contributed by atoms with Crippen molar-refractivity contribution in [3.63, 3.8) is 0 Å². The van der Waals surface area contributed by atoms with Crippen molar-refractivity contribution in [1.82, 2.24) is 19.9 Å². The molecule has 5 heteroatoms. The highest BCUT2D eigenvalue weighted by atomic mass is 16.3. The van der Waals surface area contributed by atoms with Crippen LogP contribution in [0.2, 0.25) is 0 Å². The maximum Gasteiger partial charge on any atom is 0.226 e. The third-order valence-corrected chi connectivity index (χ3v) is 4.50. The van der Waals surface area contributed by atoms with Crippen LogP contribution in [0, 0.1) is 13.8 Å². The molecule has 0 unspecified atom stereocenters. The van der Waals surface area contributed by atoms with Gasteiger partial charge in [0.25, 0.3) is 0 Å². The average Bonchev–Trinajstić information content (AvgIpc) is 3.03. The number of nitrogens with zero attached hydrogens (tertiary/aromatic N) is 4. The smallest absolute Gasteiger partial charge is 0.226 e. The first kappa shape index (κ1) is 15.0. The third-order valence-electron chi connectivity index (χ3n) is 4.50. The fraction of sp³-hybridized carbons (Fsp3) is 0.316. The van der Waals surface area contributed by atoms with E-state index in [-0.39, 0.29) is 0 Å². The lowest BCUT2D eigenvalue weighted by molar-refractivity contribution is 0.238. The first-order valence-corrected chi connectivity index (χ1v) is 8.21. The molecule has 0 N–H and O–H groups in total. The van der Waals surface area contributed by atoms with E-state index >= 15 is 0 Å². The Bertz CT molecular complexity index is 871. The zero-order valence-corrected chi connectivity index (χ0v) is 14.0. The topological polar surface area (TPSA) is 55.1 Å². The molecule has 1 aromatic carbocycles. The first-order chi connectivity index (χ1) is 11.7. The van der Waals surface area contributed by atoms with Crippen LogP contribution in [0.25, 0.3) is 11.5 Å². The molecule has 2 aromatic heterocycles. The van der Waals surface area contributed by atoms with E-state index in [9.17, 15) is 0 Å². The number of aryl methyl sites for hydroxylation is 2. The minimum absolute atomic E-state index is 0.697. The highest BCUT2D eigenvalue weighted by molar-refractivity contribution is 5.59. The summed E-state index contributed by atoms with van der Waals surface area (Å²) in [5.74, 6) is 0.697. The van der Waals surface area contributed by atoms with Crippen molar-refractivity contribution in [3.05, 3.63) is 65.1 Å². The Balaban J connectivity index is 1.50. The number of fused-ring (bicyclic) bond motifs is 1. The predicted octanol–water partition coefficient (Wildman–Crippen LogP) is 3.31. The van der Waals surface area contributed by atoms with E-state index < -0.39 is 0 Å². The molecule has 1 aliphatic rings. The van der Waals surface area contributed by atoms with Gasteiger partial charge in [0.05, 0.1) is 11.4 Å². The minimum Gasteiger partial charge on any atom is -0.444 e. The molecule has 0 amide bonds. The van der Waals surface area contributed by atoms with Crippen LogP contribution in [0.5, 0.6) is 0 Å². The van der Waals surface area contributed by atoms with Gasteiger partial charge in [-0.25, -0.2) is 15.0 Å². The van der Waals surface area contributed by atoms with E-state index in [4.69, 9.17) is 4.42 Å². The fourth-order valence-corrected chi connectivity index (χ4v) is 3.23. The second-order valence-corrected chi connectivity index (χ2v) is 6.42. The van der Waals surface area contributed by atoms with Crippen LogP contribution in [0.1, 0.15) is 28.1 Å². The maximum absolute atomic E-state index is 5.72. The van der Waals surface area contributed by atoms with Crippen LogP contribution in [0.15, 0.2) is 41.4 Å². The number of rotatable bonds is 3. The van der Waals surface area contributed by atoms with Crippen molar-refractivity contribution in [2.24, 2.45) is 0 Å². The summed E-state index contributed by atoms with van der Waals surface area (Å²) in [6.07, 6.45) is 6.30. The molecule has 5 nitrogen and oxygen atoms in total. The molecule has 24 heavy (non-hydrogen) atoms. The average molecular weight is 320 g/mol. The normalized spacial score (nSPS) is 14.6. The standard InChI is InChI=1S/C19H20N4O/c1-13-3-4-17(14(2)7-13)19-22-16(11-24-19)9-23-6-5-15-8-20-12-21-18(15)10-23/h3-4,7-8,11-12H,5-6,9-10H2,1-2H3. The highest BCUT2D eigenvalue weighted by Gasteiger charge is 2.19. The lowest BCUT2D eigenvalue weighted by Crippen LogP contribution is -2.30. The Morgan fingerprint density at radius 1 is 1.25 bits per heavy atom. The Labute approximate surface area is 141 Å². The van der Waals surface area contributed by atoms with Crippen molar-refractivity contribution in [3.8, 4) is 11.5 Å². The number of oxazole rings is 1. The van der Waals surface area contributed by atoms with Crippen LogP contribution in [-0.4, -0.2) is 26.4 Å². The third kappa shape index (κ3) is 2.95. The van der Waals surface area contributed by atoms with Crippen LogP contribution >= 0.6 is 0 Å². The van der Waals surface area contributed by atoms with Gasteiger partial charge in [0, 0.05) is 31.4 Å². The first-order valence-electron chi connectivity index (χ1n) is 8.21. The summed E-state index contributed by atoms with van der Waals surface area (Å²) in [6, 6.07) is 6.32. The SMILES string of the molecule is Cc1ccc(-c2nc(CN3CCc4cncnc4C3)co2)c(C)c1. The Hall–Kier alpha value is -2.53. The van der Waals surface area contributed by atoms with Gasteiger partial charge in [0.15, 0.2) is 0 Å². The van der Waals surface area contributed by atoms with E-state index in [1.807, 2.05) is 6.20 Å². The lowest BCUT2D eigenvalue weighted by atomic mass is 10.1. The van der Waals surface area contributed by atoms with Crippen LogP contribution in [-0.2, 0) is 19.5 Å². The van der Waals surface area contributed by atoms with Gasteiger partial charge in [0.1, 0.15) is 12.6 Å². The van der Waals surface area contributed by atoms with E-state index in [2.05, 4.69) is 51.9 Å². The summed E-state index contributed by atoms with van der Waals surface area (Å²) in [5, 5.41) is 0. The molecular weight excluding hydrogens is 300 g/mol. The van der Waals surface area contributed by atoms with Crippen molar-refractivity contribution in [2.45, 2.75) is 33.4 Å². The molecule has 0 saturated carbocycles. The van der Waals surface area contributed by atoms with E-state index in [0.29, 0.717) is 5.89 Å². The molecule has 0 spiro atoms. The molecule has 0 aliphatic carbocycles. The van der Waals surface area contributed by atoms with E-state index in [1.54, 1.807) is 12.6 Å². The molecule has 3 aromatic rings. The summed E-state index contributed by atoms with van der Waals surface area (Å²) in [6.45, 7) is 6.79. The highest BCUT2D eigenvalue weighted by Crippen LogP contribution is 2.24. The number of aromatic nitrogens is 3. The summed E-state index contributed by atoms with van der Waals surface area (Å²) in [4.78, 5) is 15.5. The second-order valence-electron chi connectivity index (χ2n) is 6.42. The molecule has 1 aliphatic heterocycles. The van der Waals surface area contributed by atoms with Crippen molar-refractivity contribution < 1.29 is 4.42 Å². The van der Waals surface area contributed by atoms with E-state index in [1.165, 1.54) is 16.7 Å². The summed E-state index contributed by atoms with van der Waals surface area (Å²) >= 11 is 0. The molecule has 3 heterocycles. The van der Waals surface area contributed by atoms with Gasteiger partial charge in [-0.1, -0.05) is 17.7 Å². The van der Waals surface area contributed by atoms with Crippen molar-refractivity contribution >= 4 is 0 Å². The van der Waals surface area contributed by atoms with Gasteiger partial charge >= 0.3 is 0 Å². The Morgan fingerprint density at radius 3 is 3.04 bits per heavy atom. The number of benzene rings is 1. The molecule has 0 saturated heterocycles. The molecule has 4 rings (SSSR count). The maximum atomic E-state index is 5.72. The summed E-state index contributed by atoms with van der Waals surface area (Å²) in [5.41, 5.74) is 6.83. The van der Waals surface area contributed by atoms with Crippen molar-refractivity contribution in [1.29, 1.82) is 0 Å². The molecule has 0 bridgehead atoms. The Morgan fingerprint density at radius 2 is 2.17 bits per heavy atom. The quantitative estimate of drug-likeness (QED) is 0.741. The van der Waals surface area contributed by atoms with Crippen LogP contribution < -0.4 is 0 Å². The van der Waals surface area contributed by atoms with Crippen LogP contribution in [0.3, 0.4) is 0 Å². The molecular formula is C19H20N4O. The van der Waals surface area contributed by atoms with Crippen LogP contribution in [0.4, 0.5) is 0 Å². The monoisotopic (exact) mass is 320 g/mol. The predicted molar refractivity (Wildman–Crippen MR) is 91.3 cm³/mol. The van der Waals surface area contributed by atoms with Crippen molar-refractivity contribution in [2.75, 3.05) is 6.54 Å². The molecule has 0 radical (unpaired) electrons. The van der Waals surface area contributed by atoms with E-state index in [0.717, 1.165) is 43.0 Å². The van der Waals surface area contributed by atoms with Gasteiger partial charge in [-0.05, 0) is 37.5 Å². The summed E-state index contributed by atoms with van der Waals surface area (Å²) in [7, 11) is 0. The molecule has 122 valence electrons. The minimum atomic E-state index is 0.697. The number of hydrogen-bond donors (Lipinski definition) is 0. The molecule has 0 fully saturated rings. The van der Waals surface area contributed by atoms with Gasteiger partial charge in [-0.15, -0.1) is 0 Å². The van der Waals surface area contributed by atoms with Gasteiger partial charge < -0.3 is 4.42 Å². The number of hydrogen-bond acceptors (Lipinski definition) is 5. The zero-order valence-electron chi connectivity index (χ0n) is 14.0. The van der Waals surface area contributed by atoms with Gasteiger partial charge in [-0.2, -0.15) is 0 Å². The Kier molecular flexibility index (Phi) is 3.86. The van der Waals surface area contributed by atoms with Gasteiger partial charge in [-0.3, -0.25) is 4.90 Å². The second kappa shape index (κ2) is 6.17. The summed E-state index contributed by atoms with van der Waals surface area (Å²) < 4.78 is 5.72.